The van der Waals surface area contributed by atoms with Crippen molar-refractivity contribution >= 4 is 6.08 Å². The largest absolute Gasteiger partial charge is 0.464 e. The van der Waals surface area contributed by atoms with Gasteiger partial charge in [-0.05, 0) is 18.2 Å². The molecule has 0 fully saturated rings. The maximum atomic E-state index is 9.49. The monoisotopic (exact) mass is 233 g/mol. The van der Waals surface area contributed by atoms with Crippen molar-refractivity contribution in [3.05, 3.63) is 71.8 Å². The highest BCUT2D eigenvalue weighted by atomic mass is 16.5. The van der Waals surface area contributed by atoms with E-state index >= 15 is 0 Å². The predicted octanol–water partition coefficient (Wildman–Crippen LogP) is 3.51. The van der Waals surface area contributed by atoms with Crippen molar-refractivity contribution < 1.29 is 4.74 Å². The van der Waals surface area contributed by atoms with E-state index in [0.717, 1.165) is 16.9 Å². The number of para-hydroxylation sites is 1. The Balaban J connectivity index is 2.11. The fraction of sp³-hybridized carbons (Fsp3) is 0.0625. The summed E-state index contributed by atoms with van der Waals surface area (Å²) in [6.07, 6.45) is 3.75. The molecule has 1 aliphatic heterocycles. The van der Waals surface area contributed by atoms with Crippen LogP contribution in [0.5, 0.6) is 5.75 Å². The molecule has 0 aromatic heterocycles. The minimum absolute atomic E-state index is 0.741. The Morgan fingerprint density at radius 2 is 1.67 bits per heavy atom. The van der Waals surface area contributed by atoms with E-state index in [1.165, 1.54) is 0 Å². The van der Waals surface area contributed by atoms with Crippen LogP contribution in [0.2, 0.25) is 0 Å². The van der Waals surface area contributed by atoms with Gasteiger partial charge in [0.25, 0.3) is 0 Å². The minimum Gasteiger partial charge on any atom is -0.464 e. The van der Waals surface area contributed by atoms with Crippen LogP contribution >= 0.6 is 0 Å². The molecular formula is C16H11NO. The molecule has 1 heterocycles. The smallest absolute Gasteiger partial charge is 0.238 e. The minimum atomic E-state index is -1.02. The predicted molar refractivity (Wildman–Crippen MR) is 69.8 cm³/mol. The Morgan fingerprint density at radius 3 is 2.44 bits per heavy atom. The molecule has 0 aliphatic carbocycles. The van der Waals surface area contributed by atoms with Crippen LogP contribution in [0.1, 0.15) is 11.1 Å². The van der Waals surface area contributed by atoms with Crippen molar-refractivity contribution in [2.45, 2.75) is 5.60 Å². The molecule has 86 valence electrons. The first-order valence-corrected chi connectivity index (χ1v) is 5.78. The Bertz CT molecular complexity index is 640. The van der Waals surface area contributed by atoms with Gasteiger partial charge in [-0.25, -0.2) is 0 Å². The normalized spacial score (nSPS) is 20.6. The molecule has 18 heavy (non-hydrogen) atoms. The van der Waals surface area contributed by atoms with E-state index in [1.54, 1.807) is 0 Å². The summed E-state index contributed by atoms with van der Waals surface area (Å²) < 4.78 is 5.91. The summed E-state index contributed by atoms with van der Waals surface area (Å²) in [6, 6.07) is 19.5. The van der Waals surface area contributed by atoms with Gasteiger partial charge in [0.2, 0.25) is 5.60 Å². The van der Waals surface area contributed by atoms with Crippen molar-refractivity contribution in [3.8, 4) is 11.8 Å². The fourth-order valence-corrected chi connectivity index (χ4v) is 2.09. The first-order chi connectivity index (χ1) is 8.84. The zero-order valence-electron chi connectivity index (χ0n) is 9.71. The summed E-state index contributed by atoms with van der Waals surface area (Å²) in [5.41, 5.74) is 0.827. The Hall–Kier alpha value is -2.53. The van der Waals surface area contributed by atoms with Crippen molar-refractivity contribution in [2.24, 2.45) is 0 Å². The maximum absolute atomic E-state index is 9.49. The molecule has 2 aromatic carbocycles. The van der Waals surface area contributed by atoms with Crippen molar-refractivity contribution in [2.75, 3.05) is 0 Å². The van der Waals surface area contributed by atoms with Crippen LogP contribution in [0, 0.1) is 11.3 Å². The molecular weight excluding hydrogens is 222 g/mol. The fourth-order valence-electron chi connectivity index (χ4n) is 2.09. The average molecular weight is 233 g/mol. The lowest BCUT2D eigenvalue weighted by molar-refractivity contribution is 0.177. The highest BCUT2D eigenvalue weighted by molar-refractivity contribution is 5.63. The first kappa shape index (κ1) is 10.6. The number of fused-ring (bicyclic) bond motifs is 1. The molecule has 0 N–H and O–H groups in total. The lowest BCUT2D eigenvalue weighted by Crippen LogP contribution is -2.30. The third-order valence-electron chi connectivity index (χ3n) is 3.06. The van der Waals surface area contributed by atoms with Crippen LogP contribution in [-0.4, -0.2) is 0 Å². The second-order valence-electron chi connectivity index (χ2n) is 4.19. The number of benzene rings is 2. The maximum Gasteiger partial charge on any atom is 0.238 e. The summed E-state index contributed by atoms with van der Waals surface area (Å²) in [7, 11) is 0. The zero-order valence-corrected chi connectivity index (χ0v) is 9.71. The van der Waals surface area contributed by atoms with Crippen LogP contribution in [0.3, 0.4) is 0 Å². The van der Waals surface area contributed by atoms with Gasteiger partial charge in [0.05, 0.1) is 0 Å². The van der Waals surface area contributed by atoms with E-state index in [9.17, 15) is 5.26 Å². The third-order valence-corrected chi connectivity index (χ3v) is 3.06. The molecule has 1 unspecified atom stereocenters. The Labute approximate surface area is 106 Å². The lowest BCUT2D eigenvalue weighted by atomic mass is 9.91. The van der Waals surface area contributed by atoms with Crippen molar-refractivity contribution in [3.63, 3.8) is 0 Å². The van der Waals surface area contributed by atoms with E-state index < -0.39 is 5.60 Å². The van der Waals surface area contributed by atoms with Crippen molar-refractivity contribution in [1.82, 2.24) is 0 Å². The Kier molecular flexibility index (Phi) is 2.39. The van der Waals surface area contributed by atoms with E-state index in [0.29, 0.717) is 0 Å². The molecule has 2 heteroatoms. The standard InChI is InChI=1S/C16H11NO/c17-12-16(14-7-2-1-3-8-14)11-10-13-6-4-5-9-15(13)18-16/h1-11H. The van der Waals surface area contributed by atoms with Gasteiger partial charge < -0.3 is 4.74 Å². The number of ether oxygens (including phenoxy) is 1. The molecule has 1 atom stereocenters. The van der Waals surface area contributed by atoms with Gasteiger partial charge in [-0.2, -0.15) is 5.26 Å². The molecule has 0 bridgehead atoms. The van der Waals surface area contributed by atoms with E-state index in [2.05, 4.69) is 6.07 Å². The second-order valence-corrected chi connectivity index (χ2v) is 4.19. The number of nitrogens with zero attached hydrogens (tertiary/aromatic N) is 1. The summed E-state index contributed by atoms with van der Waals surface area (Å²) in [6.45, 7) is 0. The second kappa shape index (κ2) is 4.05. The molecule has 0 radical (unpaired) electrons. The quantitative estimate of drug-likeness (QED) is 0.755. The van der Waals surface area contributed by atoms with Crippen molar-refractivity contribution in [1.29, 1.82) is 5.26 Å². The summed E-state index contributed by atoms with van der Waals surface area (Å²) in [5.74, 6) is 0.741. The van der Waals surface area contributed by atoms with Gasteiger partial charge >= 0.3 is 0 Å². The molecule has 0 spiro atoms. The average Bonchev–Trinajstić information content (AvgIpc) is 2.47. The zero-order chi connectivity index (χ0) is 12.4. The molecule has 0 amide bonds. The molecule has 1 aliphatic rings. The van der Waals surface area contributed by atoms with Crippen LogP contribution in [0.25, 0.3) is 6.08 Å². The van der Waals surface area contributed by atoms with Gasteiger partial charge in [0, 0.05) is 11.1 Å². The third kappa shape index (κ3) is 1.57. The van der Waals surface area contributed by atoms with Crippen LogP contribution < -0.4 is 4.74 Å². The number of hydrogen-bond acceptors (Lipinski definition) is 2. The first-order valence-electron chi connectivity index (χ1n) is 5.78. The number of nitriles is 1. The molecule has 0 saturated carbocycles. The van der Waals surface area contributed by atoms with E-state index in [1.807, 2.05) is 66.7 Å². The van der Waals surface area contributed by atoms with Crippen LogP contribution in [-0.2, 0) is 5.60 Å². The number of hydrogen-bond donors (Lipinski definition) is 0. The Morgan fingerprint density at radius 1 is 0.944 bits per heavy atom. The van der Waals surface area contributed by atoms with Crippen LogP contribution in [0.4, 0.5) is 0 Å². The van der Waals surface area contributed by atoms with Gasteiger partial charge in [-0.15, -0.1) is 0 Å². The molecule has 2 aromatic rings. The van der Waals surface area contributed by atoms with Gasteiger partial charge in [0.1, 0.15) is 11.8 Å². The molecule has 2 nitrogen and oxygen atoms in total. The highest BCUT2D eigenvalue weighted by Gasteiger charge is 2.34. The summed E-state index contributed by atoms with van der Waals surface area (Å²) in [4.78, 5) is 0. The summed E-state index contributed by atoms with van der Waals surface area (Å²) >= 11 is 0. The van der Waals surface area contributed by atoms with Gasteiger partial charge in [-0.3, -0.25) is 0 Å². The highest BCUT2D eigenvalue weighted by Crippen LogP contribution is 2.36. The molecule has 3 rings (SSSR count). The SMILES string of the molecule is N#CC1(c2ccccc2)C=Cc2ccccc2O1. The van der Waals surface area contributed by atoms with E-state index in [-0.39, 0.29) is 0 Å². The van der Waals surface area contributed by atoms with Gasteiger partial charge in [0.15, 0.2) is 0 Å². The molecule has 0 saturated heterocycles. The lowest BCUT2D eigenvalue weighted by Gasteiger charge is -2.29. The van der Waals surface area contributed by atoms with E-state index in [4.69, 9.17) is 4.74 Å². The number of rotatable bonds is 1. The van der Waals surface area contributed by atoms with Gasteiger partial charge in [-0.1, -0.05) is 48.5 Å². The topological polar surface area (TPSA) is 33.0 Å². The van der Waals surface area contributed by atoms with Crippen LogP contribution in [0.15, 0.2) is 60.7 Å². The summed E-state index contributed by atoms with van der Waals surface area (Å²) in [5, 5.41) is 9.49.